The van der Waals surface area contributed by atoms with E-state index in [-0.39, 0.29) is 19.1 Å². The molecule has 1 amide bonds. The molecular weight excluding hydrogens is 366 g/mol. The Morgan fingerprint density at radius 3 is 2.30 bits per heavy atom. The summed E-state index contributed by atoms with van der Waals surface area (Å²) in [5.41, 5.74) is 1.65. The van der Waals surface area contributed by atoms with Crippen LogP contribution in [0.4, 0.5) is 5.69 Å². The predicted molar refractivity (Wildman–Crippen MR) is 89.1 cm³/mol. The molecule has 0 saturated carbocycles. The van der Waals surface area contributed by atoms with Crippen molar-refractivity contribution in [1.82, 2.24) is 0 Å². The van der Waals surface area contributed by atoms with Gasteiger partial charge in [-0.1, -0.05) is 15.9 Å². The molecule has 1 aromatic rings. The molecule has 0 unspecified atom stereocenters. The summed E-state index contributed by atoms with van der Waals surface area (Å²) in [6.45, 7) is 5.87. The van der Waals surface area contributed by atoms with Gasteiger partial charge >= 0.3 is 11.9 Å². The van der Waals surface area contributed by atoms with Crippen molar-refractivity contribution in [1.29, 1.82) is 0 Å². The number of rotatable bonds is 6. The van der Waals surface area contributed by atoms with Crippen LogP contribution in [0.1, 0.15) is 26.3 Å². The summed E-state index contributed by atoms with van der Waals surface area (Å²) in [6.07, 6.45) is -0.732. The smallest absolute Gasteiger partial charge is 0.303 e. The van der Waals surface area contributed by atoms with Gasteiger partial charge in [-0.3, -0.25) is 14.4 Å². The van der Waals surface area contributed by atoms with Crippen LogP contribution in [-0.4, -0.2) is 37.1 Å². The Hall–Kier alpha value is -1.89. The van der Waals surface area contributed by atoms with Gasteiger partial charge in [0.15, 0.2) is 6.10 Å². The van der Waals surface area contributed by atoms with Gasteiger partial charge in [-0.2, -0.15) is 0 Å². The summed E-state index contributed by atoms with van der Waals surface area (Å²) in [5.74, 6) is -1.18. The van der Waals surface area contributed by atoms with Gasteiger partial charge in [0, 0.05) is 30.9 Å². The fraction of sp³-hybridized carbons (Fsp3) is 0.438. The standard InChI is InChI=1S/C16H20BrNO5/c1-10-7-14(5-6-16(10)17)18(11(2)19)8-15(23-13(4)21)9-22-12(3)20/h5-7,15H,8-9H2,1-4H3/t15-/m0/s1. The summed E-state index contributed by atoms with van der Waals surface area (Å²) in [7, 11) is 0. The van der Waals surface area contributed by atoms with E-state index < -0.39 is 18.0 Å². The highest BCUT2D eigenvalue weighted by molar-refractivity contribution is 9.10. The predicted octanol–water partition coefficient (Wildman–Crippen LogP) is 2.61. The zero-order chi connectivity index (χ0) is 17.6. The molecule has 1 aromatic carbocycles. The summed E-state index contributed by atoms with van der Waals surface area (Å²) in [5, 5.41) is 0. The van der Waals surface area contributed by atoms with E-state index in [0.29, 0.717) is 5.69 Å². The molecule has 126 valence electrons. The van der Waals surface area contributed by atoms with Crippen LogP contribution in [0.3, 0.4) is 0 Å². The lowest BCUT2D eigenvalue weighted by atomic mass is 10.2. The first-order chi connectivity index (χ1) is 10.7. The minimum absolute atomic E-state index is 0.100. The molecule has 7 heteroatoms. The molecule has 6 nitrogen and oxygen atoms in total. The van der Waals surface area contributed by atoms with Gasteiger partial charge in [0.1, 0.15) is 6.61 Å². The van der Waals surface area contributed by atoms with E-state index in [1.54, 1.807) is 6.07 Å². The number of aryl methyl sites for hydroxylation is 1. The van der Waals surface area contributed by atoms with Gasteiger partial charge in [0.2, 0.25) is 5.91 Å². The lowest BCUT2D eigenvalue weighted by Crippen LogP contribution is -2.40. The minimum Gasteiger partial charge on any atom is -0.462 e. The van der Waals surface area contributed by atoms with Crippen LogP contribution in [0.25, 0.3) is 0 Å². The molecule has 1 rings (SSSR count). The summed E-state index contributed by atoms with van der Waals surface area (Å²) in [4.78, 5) is 35.6. The largest absolute Gasteiger partial charge is 0.462 e. The van der Waals surface area contributed by atoms with Crippen LogP contribution in [0, 0.1) is 6.92 Å². The number of hydrogen-bond acceptors (Lipinski definition) is 5. The molecule has 0 aliphatic carbocycles. The van der Waals surface area contributed by atoms with Crippen LogP contribution in [0.2, 0.25) is 0 Å². The van der Waals surface area contributed by atoms with Crippen molar-refractivity contribution < 1.29 is 23.9 Å². The number of benzene rings is 1. The van der Waals surface area contributed by atoms with Crippen LogP contribution in [-0.2, 0) is 23.9 Å². The average molecular weight is 386 g/mol. The molecule has 1 atom stereocenters. The Morgan fingerprint density at radius 1 is 1.17 bits per heavy atom. The van der Waals surface area contributed by atoms with Crippen LogP contribution in [0.15, 0.2) is 22.7 Å². The van der Waals surface area contributed by atoms with E-state index in [9.17, 15) is 14.4 Å². The van der Waals surface area contributed by atoms with Gasteiger partial charge < -0.3 is 14.4 Å². The maximum atomic E-state index is 12.0. The Labute approximate surface area is 143 Å². The van der Waals surface area contributed by atoms with Crippen molar-refractivity contribution in [3.63, 3.8) is 0 Å². The number of ether oxygens (including phenoxy) is 2. The molecule has 23 heavy (non-hydrogen) atoms. The molecule has 0 aliphatic heterocycles. The average Bonchev–Trinajstić information content (AvgIpc) is 2.44. The quantitative estimate of drug-likeness (QED) is 0.703. The van der Waals surface area contributed by atoms with E-state index in [1.165, 1.54) is 25.7 Å². The Balaban J connectivity index is 2.97. The number of carbonyl (C=O) groups is 3. The van der Waals surface area contributed by atoms with Crippen LogP contribution in [0.5, 0.6) is 0 Å². The van der Waals surface area contributed by atoms with E-state index in [0.717, 1.165) is 10.0 Å². The second kappa shape index (κ2) is 8.67. The van der Waals surface area contributed by atoms with Crippen molar-refractivity contribution in [3.8, 4) is 0 Å². The highest BCUT2D eigenvalue weighted by Gasteiger charge is 2.22. The molecule has 0 fully saturated rings. The van der Waals surface area contributed by atoms with Gasteiger partial charge in [0.05, 0.1) is 6.54 Å². The Bertz CT molecular complexity index is 602. The van der Waals surface area contributed by atoms with Crippen molar-refractivity contribution in [2.24, 2.45) is 0 Å². The number of nitrogens with zero attached hydrogens (tertiary/aromatic N) is 1. The van der Waals surface area contributed by atoms with Crippen molar-refractivity contribution in [3.05, 3.63) is 28.2 Å². The molecular formula is C16H20BrNO5. The van der Waals surface area contributed by atoms with E-state index in [2.05, 4.69) is 15.9 Å². The number of amides is 1. The minimum atomic E-state index is -0.732. The number of hydrogen-bond donors (Lipinski definition) is 0. The first kappa shape index (κ1) is 19.2. The van der Waals surface area contributed by atoms with Crippen LogP contribution >= 0.6 is 15.9 Å². The molecule has 0 N–H and O–H groups in total. The first-order valence-corrected chi connectivity index (χ1v) is 7.84. The Kier molecular flexibility index (Phi) is 7.22. The normalized spacial score (nSPS) is 11.5. The molecule has 0 aliphatic rings. The monoisotopic (exact) mass is 385 g/mol. The molecule has 0 saturated heterocycles. The third-order valence-corrected chi connectivity index (χ3v) is 3.91. The second-order valence-electron chi connectivity index (χ2n) is 5.10. The molecule has 0 aromatic heterocycles. The zero-order valence-corrected chi connectivity index (χ0v) is 15.2. The van der Waals surface area contributed by atoms with Crippen LogP contribution < -0.4 is 4.90 Å². The lowest BCUT2D eigenvalue weighted by Gasteiger charge is -2.26. The SMILES string of the molecule is CC(=O)OC[C@H](CN(C(C)=O)c1ccc(Br)c(C)c1)OC(C)=O. The summed E-state index contributed by atoms with van der Waals surface area (Å²) >= 11 is 3.41. The maximum Gasteiger partial charge on any atom is 0.303 e. The second-order valence-corrected chi connectivity index (χ2v) is 5.95. The number of esters is 2. The van der Waals surface area contributed by atoms with Gasteiger partial charge in [-0.15, -0.1) is 0 Å². The third-order valence-electron chi connectivity index (χ3n) is 3.02. The fourth-order valence-corrected chi connectivity index (χ4v) is 2.23. The lowest BCUT2D eigenvalue weighted by molar-refractivity contribution is -0.155. The highest BCUT2D eigenvalue weighted by atomic mass is 79.9. The highest BCUT2D eigenvalue weighted by Crippen LogP contribution is 2.23. The summed E-state index contributed by atoms with van der Waals surface area (Å²) < 4.78 is 11.0. The maximum absolute atomic E-state index is 12.0. The molecule has 0 heterocycles. The van der Waals surface area contributed by atoms with E-state index in [4.69, 9.17) is 9.47 Å². The van der Waals surface area contributed by atoms with Crippen molar-refractivity contribution in [2.75, 3.05) is 18.1 Å². The molecule has 0 bridgehead atoms. The van der Waals surface area contributed by atoms with E-state index in [1.807, 2.05) is 19.1 Å². The van der Waals surface area contributed by atoms with Crippen molar-refractivity contribution >= 4 is 39.5 Å². The van der Waals surface area contributed by atoms with Gasteiger partial charge in [-0.25, -0.2) is 0 Å². The number of anilines is 1. The zero-order valence-electron chi connectivity index (χ0n) is 13.6. The fourth-order valence-electron chi connectivity index (χ4n) is 1.99. The first-order valence-electron chi connectivity index (χ1n) is 7.05. The van der Waals surface area contributed by atoms with E-state index >= 15 is 0 Å². The van der Waals surface area contributed by atoms with Gasteiger partial charge in [0.25, 0.3) is 0 Å². The summed E-state index contributed by atoms with van der Waals surface area (Å²) in [6, 6.07) is 5.48. The molecule has 0 radical (unpaired) electrons. The van der Waals surface area contributed by atoms with Crippen molar-refractivity contribution in [2.45, 2.75) is 33.8 Å². The number of halogens is 1. The molecule has 0 spiro atoms. The Morgan fingerprint density at radius 2 is 1.83 bits per heavy atom. The third kappa shape index (κ3) is 6.40. The topological polar surface area (TPSA) is 72.9 Å². The van der Waals surface area contributed by atoms with Gasteiger partial charge in [-0.05, 0) is 30.7 Å². The number of carbonyl (C=O) groups excluding carboxylic acids is 3.